The van der Waals surface area contributed by atoms with Gasteiger partial charge in [0.1, 0.15) is 6.42 Å². The van der Waals surface area contributed by atoms with Gasteiger partial charge in [0.15, 0.2) is 0 Å². The molecular weight excluding hydrogens is 228 g/mol. The van der Waals surface area contributed by atoms with E-state index < -0.39 is 0 Å². The van der Waals surface area contributed by atoms with Gasteiger partial charge < -0.3 is 4.74 Å². The minimum absolute atomic E-state index is 0.117. The van der Waals surface area contributed by atoms with Crippen molar-refractivity contribution in [3.8, 4) is 11.8 Å². The number of aryl methyl sites for hydroxylation is 1. The van der Waals surface area contributed by atoms with E-state index in [-0.39, 0.29) is 12.4 Å². The molecule has 92 valence electrons. The van der Waals surface area contributed by atoms with Gasteiger partial charge in [-0.15, -0.1) is 0 Å². The van der Waals surface area contributed by atoms with E-state index in [2.05, 4.69) is 22.0 Å². The summed E-state index contributed by atoms with van der Waals surface area (Å²) in [7, 11) is 0. The zero-order valence-corrected chi connectivity index (χ0v) is 10.4. The summed E-state index contributed by atoms with van der Waals surface area (Å²) in [4.78, 5) is 11.1. The maximum Gasteiger partial charge on any atom is 0.317 e. The monoisotopic (exact) mass is 242 g/mol. The molecule has 0 aliphatic rings. The minimum Gasteiger partial charge on any atom is -0.465 e. The maximum absolute atomic E-state index is 11.1. The summed E-state index contributed by atoms with van der Waals surface area (Å²) in [5.41, 5.74) is 2.77. The highest BCUT2D eigenvalue weighted by atomic mass is 16.5. The van der Waals surface area contributed by atoms with Crippen LogP contribution in [0.1, 0.15) is 24.6 Å². The van der Waals surface area contributed by atoms with Gasteiger partial charge in [0, 0.05) is 16.6 Å². The van der Waals surface area contributed by atoms with Crippen molar-refractivity contribution >= 4 is 16.9 Å². The van der Waals surface area contributed by atoms with Crippen molar-refractivity contribution in [1.29, 1.82) is 0 Å². The van der Waals surface area contributed by atoms with Gasteiger partial charge in [-0.3, -0.25) is 9.89 Å². The number of carbonyl (C=O) groups is 1. The first-order chi connectivity index (χ1) is 8.70. The lowest BCUT2D eigenvalue weighted by molar-refractivity contribution is -0.141. The lowest BCUT2D eigenvalue weighted by Gasteiger charge is -1.95. The number of nitrogens with zero attached hydrogens (tertiary/aromatic N) is 1. The van der Waals surface area contributed by atoms with Gasteiger partial charge in [0.25, 0.3) is 0 Å². The normalized spacial score (nSPS) is 9.89. The highest BCUT2D eigenvalue weighted by Gasteiger charge is 2.01. The Morgan fingerprint density at radius 3 is 3.11 bits per heavy atom. The van der Waals surface area contributed by atoms with Crippen LogP contribution in [0.5, 0.6) is 0 Å². The Morgan fingerprint density at radius 2 is 2.33 bits per heavy atom. The van der Waals surface area contributed by atoms with Gasteiger partial charge in [-0.2, -0.15) is 5.10 Å². The summed E-state index contributed by atoms with van der Waals surface area (Å²) in [5, 5.41) is 8.18. The largest absolute Gasteiger partial charge is 0.465 e. The third-order valence-corrected chi connectivity index (χ3v) is 2.52. The minimum atomic E-state index is -0.290. The molecule has 0 bridgehead atoms. The number of carbonyl (C=O) groups excluding carboxylic acids is 1. The molecule has 0 unspecified atom stereocenters. The highest BCUT2D eigenvalue weighted by molar-refractivity contribution is 5.82. The average molecular weight is 242 g/mol. The fraction of sp³-hybridized carbons (Fsp3) is 0.286. The van der Waals surface area contributed by atoms with E-state index in [9.17, 15) is 4.79 Å². The summed E-state index contributed by atoms with van der Waals surface area (Å²) >= 11 is 0. The Kier molecular flexibility index (Phi) is 3.63. The maximum atomic E-state index is 11.1. The second kappa shape index (κ2) is 5.37. The number of rotatable bonds is 2. The van der Waals surface area contributed by atoms with E-state index in [0.29, 0.717) is 6.61 Å². The number of hydrogen-bond acceptors (Lipinski definition) is 3. The number of benzene rings is 1. The second-order valence-electron chi connectivity index (χ2n) is 3.86. The van der Waals surface area contributed by atoms with Gasteiger partial charge >= 0.3 is 5.97 Å². The molecule has 18 heavy (non-hydrogen) atoms. The lowest BCUT2D eigenvalue weighted by atomic mass is 10.1. The van der Waals surface area contributed by atoms with E-state index in [0.717, 1.165) is 22.2 Å². The van der Waals surface area contributed by atoms with Crippen LogP contribution in [-0.4, -0.2) is 22.8 Å². The number of fused-ring (bicyclic) bond motifs is 1. The van der Waals surface area contributed by atoms with Crippen molar-refractivity contribution in [2.75, 3.05) is 6.61 Å². The Bertz CT molecular complexity index is 632. The summed E-state index contributed by atoms with van der Waals surface area (Å²) in [6.45, 7) is 4.14. The number of ether oxygens (including phenoxy) is 1. The van der Waals surface area contributed by atoms with Crippen molar-refractivity contribution in [1.82, 2.24) is 10.2 Å². The topological polar surface area (TPSA) is 55.0 Å². The van der Waals surface area contributed by atoms with Crippen LogP contribution in [0.4, 0.5) is 0 Å². The molecule has 1 N–H and O–H groups in total. The molecule has 0 amide bonds. The SMILES string of the molecule is CCOC(=O)CC#Cc1ccc2c(C)[nH]nc2c1. The molecule has 0 saturated carbocycles. The third-order valence-electron chi connectivity index (χ3n) is 2.52. The number of aromatic amines is 1. The van der Waals surface area contributed by atoms with Gasteiger partial charge in [-0.05, 0) is 32.0 Å². The number of esters is 1. The van der Waals surface area contributed by atoms with E-state index in [1.165, 1.54) is 0 Å². The standard InChI is InChI=1S/C14H14N2O2/c1-3-18-14(17)6-4-5-11-7-8-12-10(2)15-16-13(12)9-11/h7-9H,3,6H2,1-2H3,(H,15,16). The highest BCUT2D eigenvalue weighted by Crippen LogP contribution is 2.15. The molecule has 0 spiro atoms. The fourth-order valence-electron chi connectivity index (χ4n) is 1.65. The third kappa shape index (κ3) is 2.69. The van der Waals surface area contributed by atoms with Crippen molar-refractivity contribution < 1.29 is 9.53 Å². The predicted molar refractivity (Wildman–Crippen MR) is 69.0 cm³/mol. The van der Waals surface area contributed by atoms with Gasteiger partial charge in [0.2, 0.25) is 0 Å². The number of hydrogen-bond donors (Lipinski definition) is 1. The van der Waals surface area contributed by atoms with Crippen molar-refractivity contribution in [3.63, 3.8) is 0 Å². The zero-order valence-electron chi connectivity index (χ0n) is 10.4. The van der Waals surface area contributed by atoms with Crippen LogP contribution in [0.25, 0.3) is 10.9 Å². The number of nitrogens with one attached hydrogen (secondary N) is 1. The molecule has 4 nitrogen and oxygen atoms in total. The van der Waals surface area contributed by atoms with Crippen LogP contribution in [0.3, 0.4) is 0 Å². The zero-order chi connectivity index (χ0) is 13.0. The smallest absolute Gasteiger partial charge is 0.317 e. The molecule has 0 aliphatic heterocycles. The van der Waals surface area contributed by atoms with Crippen LogP contribution in [0, 0.1) is 18.8 Å². The molecule has 2 aromatic rings. The molecule has 0 radical (unpaired) electrons. The molecule has 1 aromatic carbocycles. The number of aromatic nitrogens is 2. The summed E-state index contributed by atoms with van der Waals surface area (Å²) in [6.07, 6.45) is 0.117. The Labute approximate surface area is 105 Å². The first kappa shape index (κ1) is 12.2. The molecule has 0 saturated heterocycles. The van der Waals surface area contributed by atoms with Crippen molar-refractivity contribution in [2.45, 2.75) is 20.3 Å². The van der Waals surface area contributed by atoms with E-state index in [4.69, 9.17) is 4.74 Å². The molecule has 0 fully saturated rings. The summed E-state index contributed by atoms with van der Waals surface area (Å²) in [6, 6.07) is 5.79. The van der Waals surface area contributed by atoms with Crippen LogP contribution < -0.4 is 0 Å². The molecule has 2 rings (SSSR count). The van der Waals surface area contributed by atoms with Gasteiger partial charge in [0.05, 0.1) is 12.1 Å². The van der Waals surface area contributed by atoms with Crippen LogP contribution in [0.15, 0.2) is 18.2 Å². The Morgan fingerprint density at radius 1 is 1.50 bits per heavy atom. The van der Waals surface area contributed by atoms with Crippen molar-refractivity contribution in [2.24, 2.45) is 0 Å². The fourth-order valence-corrected chi connectivity index (χ4v) is 1.65. The second-order valence-corrected chi connectivity index (χ2v) is 3.86. The Balaban J connectivity index is 2.12. The van der Waals surface area contributed by atoms with Crippen LogP contribution in [-0.2, 0) is 9.53 Å². The van der Waals surface area contributed by atoms with Gasteiger partial charge in [-0.1, -0.05) is 11.8 Å². The van der Waals surface area contributed by atoms with E-state index in [1.54, 1.807) is 6.92 Å². The lowest BCUT2D eigenvalue weighted by Crippen LogP contribution is -2.01. The average Bonchev–Trinajstić information content (AvgIpc) is 2.71. The molecule has 1 aromatic heterocycles. The van der Waals surface area contributed by atoms with Crippen molar-refractivity contribution in [3.05, 3.63) is 29.5 Å². The molecular formula is C14H14N2O2. The van der Waals surface area contributed by atoms with Crippen LogP contribution in [0.2, 0.25) is 0 Å². The van der Waals surface area contributed by atoms with Gasteiger partial charge in [-0.25, -0.2) is 0 Å². The van der Waals surface area contributed by atoms with Crippen LogP contribution >= 0.6 is 0 Å². The quantitative estimate of drug-likeness (QED) is 0.648. The first-order valence-electron chi connectivity index (χ1n) is 5.80. The Hall–Kier alpha value is -2.28. The summed E-state index contributed by atoms with van der Waals surface area (Å²) < 4.78 is 4.79. The molecule has 1 heterocycles. The van der Waals surface area contributed by atoms with E-state index in [1.807, 2.05) is 25.1 Å². The first-order valence-corrected chi connectivity index (χ1v) is 5.80. The summed E-state index contributed by atoms with van der Waals surface area (Å²) in [5.74, 6) is 5.44. The number of H-pyrrole nitrogens is 1. The molecule has 4 heteroatoms. The molecule has 0 atom stereocenters. The molecule has 0 aliphatic carbocycles. The van der Waals surface area contributed by atoms with E-state index >= 15 is 0 Å². The predicted octanol–water partition coefficient (Wildman–Crippen LogP) is 2.18.